The number of rotatable bonds is 3. The molecular weight excluding hydrogens is 166 g/mol. The third-order valence-corrected chi connectivity index (χ3v) is 4.52. The Labute approximate surface area is 81.5 Å². The highest BCUT2D eigenvalue weighted by Crippen LogP contribution is 2.53. The molecule has 0 bridgehead atoms. The second kappa shape index (κ2) is 3.59. The standard InChI is InChI=1S/C10H21NS/c1-4-9(11)10(6-12)5-7(2)8(10)3/h7-9,12H,4-6,11H2,1-3H3/t7-,8?,9?,10?/m1/s1. The third kappa shape index (κ3) is 1.29. The van der Waals surface area contributed by atoms with Crippen molar-refractivity contribution in [3.05, 3.63) is 0 Å². The fraction of sp³-hybridized carbons (Fsp3) is 1.00. The van der Waals surface area contributed by atoms with E-state index >= 15 is 0 Å². The SMILES string of the molecule is CCC(N)C1(CS)C[C@@H](C)C1C. The normalized spacial score (nSPS) is 43.8. The second-order valence-electron chi connectivity index (χ2n) is 4.38. The van der Waals surface area contributed by atoms with Gasteiger partial charge in [0.1, 0.15) is 0 Å². The highest BCUT2D eigenvalue weighted by Gasteiger charge is 2.51. The van der Waals surface area contributed by atoms with Crippen LogP contribution in [0.2, 0.25) is 0 Å². The van der Waals surface area contributed by atoms with Crippen molar-refractivity contribution >= 4 is 12.6 Å². The molecule has 0 amide bonds. The molecule has 1 aliphatic rings. The molecule has 2 heteroatoms. The highest BCUT2D eigenvalue weighted by molar-refractivity contribution is 7.80. The van der Waals surface area contributed by atoms with Gasteiger partial charge in [-0.3, -0.25) is 0 Å². The summed E-state index contributed by atoms with van der Waals surface area (Å²) in [7, 11) is 0. The molecule has 0 aromatic heterocycles. The Bertz CT molecular complexity index is 154. The second-order valence-corrected chi connectivity index (χ2v) is 4.69. The lowest BCUT2D eigenvalue weighted by atomic mass is 9.52. The van der Waals surface area contributed by atoms with Crippen LogP contribution in [0.1, 0.15) is 33.6 Å². The molecule has 2 N–H and O–H groups in total. The van der Waals surface area contributed by atoms with E-state index in [1.807, 2.05) is 0 Å². The molecule has 0 aliphatic heterocycles. The Hall–Kier alpha value is 0.310. The fourth-order valence-electron chi connectivity index (χ4n) is 2.59. The molecule has 0 aromatic carbocycles. The fourth-order valence-corrected chi connectivity index (χ4v) is 3.24. The molecule has 1 fully saturated rings. The zero-order valence-electron chi connectivity index (χ0n) is 8.38. The molecule has 0 heterocycles. The van der Waals surface area contributed by atoms with Crippen LogP contribution in [0.5, 0.6) is 0 Å². The maximum Gasteiger partial charge on any atom is 0.0103 e. The summed E-state index contributed by atoms with van der Waals surface area (Å²) in [5.74, 6) is 2.55. The zero-order chi connectivity index (χ0) is 9.35. The Kier molecular flexibility index (Phi) is 3.11. The van der Waals surface area contributed by atoms with E-state index in [1.165, 1.54) is 6.42 Å². The quantitative estimate of drug-likeness (QED) is 0.652. The lowest BCUT2D eigenvalue weighted by Crippen LogP contribution is -2.57. The highest BCUT2D eigenvalue weighted by atomic mass is 32.1. The molecule has 12 heavy (non-hydrogen) atoms. The van der Waals surface area contributed by atoms with E-state index in [0.717, 1.165) is 24.0 Å². The van der Waals surface area contributed by atoms with Crippen LogP contribution in [-0.4, -0.2) is 11.8 Å². The first-order chi connectivity index (χ1) is 5.58. The first-order valence-electron chi connectivity index (χ1n) is 4.95. The van der Waals surface area contributed by atoms with Crippen LogP contribution in [0, 0.1) is 17.3 Å². The van der Waals surface area contributed by atoms with Crippen molar-refractivity contribution in [1.82, 2.24) is 0 Å². The van der Waals surface area contributed by atoms with Crippen molar-refractivity contribution in [2.45, 2.75) is 39.7 Å². The summed E-state index contributed by atoms with van der Waals surface area (Å²) in [6, 6.07) is 0.348. The van der Waals surface area contributed by atoms with Gasteiger partial charge in [0.25, 0.3) is 0 Å². The van der Waals surface area contributed by atoms with Gasteiger partial charge < -0.3 is 5.73 Å². The van der Waals surface area contributed by atoms with Gasteiger partial charge in [-0.25, -0.2) is 0 Å². The van der Waals surface area contributed by atoms with Gasteiger partial charge in [0.15, 0.2) is 0 Å². The van der Waals surface area contributed by atoms with Gasteiger partial charge in [-0.15, -0.1) is 0 Å². The minimum atomic E-state index is 0.345. The van der Waals surface area contributed by atoms with Crippen LogP contribution in [0.4, 0.5) is 0 Å². The maximum atomic E-state index is 6.13. The Morgan fingerprint density at radius 2 is 2.17 bits per heavy atom. The van der Waals surface area contributed by atoms with E-state index in [9.17, 15) is 0 Å². The topological polar surface area (TPSA) is 26.0 Å². The van der Waals surface area contributed by atoms with Gasteiger partial charge in [-0.05, 0) is 35.8 Å². The van der Waals surface area contributed by atoms with Gasteiger partial charge in [0, 0.05) is 6.04 Å². The summed E-state index contributed by atoms with van der Waals surface area (Å²) in [6.45, 7) is 6.81. The first kappa shape index (κ1) is 10.4. The third-order valence-electron chi connectivity index (χ3n) is 3.94. The average Bonchev–Trinajstić information content (AvgIpc) is 2.11. The predicted molar refractivity (Wildman–Crippen MR) is 57.5 cm³/mol. The van der Waals surface area contributed by atoms with Gasteiger partial charge in [-0.1, -0.05) is 20.8 Å². The number of thiol groups is 1. The summed E-state index contributed by atoms with van der Waals surface area (Å²) in [5.41, 5.74) is 6.47. The molecule has 1 saturated carbocycles. The molecule has 1 rings (SSSR count). The lowest BCUT2D eigenvalue weighted by Gasteiger charge is -2.55. The van der Waals surface area contributed by atoms with Crippen LogP contribution < -0.4 is 5.73 Å². The van der Waals surface area contributed by atoms with Gasteiger partial charge in [-0.2, -0.15) is 12.6 Å². The summed E-state index contributed by atoms with van der Waals surface area (Å²) < 4.78 is 0. The minimum absolute atomic E-state index is 0.345. The van der Waals surface area contributed by atoms with Crippen LogP contribution >= 0.6 is 12.6 Å². The number of hydrogen-bond acceptors (Lipinski definition) is 2. The van der Waals surface area contributed by atoms with Crippen molar-refractivity contribution in [2.24, 2.45) is 23.0 Å². The average molecular weight is 187 g/mol. The lowest BCUT2D eigenvalue weighted by molar-refractivity contribution is -0.0225. The molecule has 0 spiro atoms. The van der Waals surface area contributed by atoms with Crippen LogP contribution in [0.3, 0.4) is 0 Å². The molecule has 0 radical (unpaired) electrons. The van der Waals surface area contributed by atoms with E-state index in [0.29, 0.717) is 11.5 Å². The van der Waals surface area contributed by atoms with Gasteiger partial charge in [0.05, 0.1) is 0 Å². The van der Waals surface area contributed by atoms with E-state index in [1.54, 1.807) is 0 Å². The van der Waals surface area contributed by atoms with Crippen molar-refractivity contribution in [3.63, 3.8) is 0 Å². The molecule has 1 aliphatic carbocycles. The minimum Gasteiger partial charge on any atom is -0.327 e. The van der Waals surface area contributed by atoms with Crippen molar-refractivity contribution in [1.29, 1.82) is 0 Å². The van der Waals surface area contributed by atoms with Crippen LogP contribution in [-0.2, 0) is 0 Å². The molecule has 4 atom stereocenters. The molecule has 3 unspecified atom stereocenters. The number of hydrogen-bond donors (Lipinski definition) is 2. The Morgan fingerprint density at radius 3 is 2.42 bits per heavy atom. The maximum absolute atomic E-state index is 6.13. The largest absolute Gasteiger partial charge is 0.327 e. The monoisotopic (exact) mass is 187 g/mol. The van der Waals surface area contributed by atoms with E-state index < -0.39 is 0 Å². The molecule has 0 aromatic rings. The van der Waals surface area contributed by atoms with Crippen LogP contribution in [0.25, 0.3) is 0 Å². The smallest absolute Gasteiger partial charge is 0.0103 e. The number of nitrogens with two attached hydrogens (primary N) is 1. The van der Waals surface area contributed by atoms with Gasteiger partial charge >= 0.3 is 0 Å². The van der Waals surface area contributed by atoms with E-state index in [4.69, 9.17) is 5.73 Å². The van der Waals surface area contributed by atoms with Crippen LogP contribution in [0.15, 0.2) is 0 Å². The van der Waals surface area contributed by atoms with Crippen molar-refractivity contribution < 1.29 is 0 Å². The summed E-state index contributed by atoms with van der Waals surface area (Å²) in [5, 5.41) is 0. The van der Waals surface area contributed by atoms with Crippen molar-refractivity contribution in [3.8, 4) is 0 Å². The predicted octanol–water partition coefficient (Wildman–Crippen LogP) is 2.32. The molecule has 72 valence electrons. The Balaban J connectivity index is 2.66. The van der Waals surface area contributed by atoms with Gasteiger partial charge in [0.2, 0.25) is 0 Å². The summed E-state index contributed by atoms with van der Waals surface area (Å²) in [6.07, 6.45) is 2.35. The molecule has 1 nitrogen and oxygen atoms in total. The van der Waals surface area contributed by atoms with E-state index in [-0.39, 0.29) is 0 Å². The van der Waals surface area contributed by atoms with Crippen molar-refractivity contribution in [2.75, 3.05) is 5.75 Å². The molecular formula is C10H21NS. The summed E-state index contributed by atoms with van der Waals surface area (Å²) in [4.78, 5) is 0. The van der Waals surface area contributed by atoms with E-state index in [2.05, 4.69) is 33.4 Å². The zero-order valence-corrected chi connectivity index (χ0v) is 9.27. The molecule has 0 saturated heterocycles. The first-order valence-corrected chi connectivity index (χ1v) is 5.58. The Morgan fingerprint density at radius 1 is 1.58 bits per heavy atom. The summed E-state index contributed by atoms with van der Waals surface area (Å²) >= 11 is 4.45.